The number of nitrogens with one attached hydrogen (secondary N) is 1. The number of hydrogen-bond donors (Lipinski definition) is 1. The van der Waals surface area contributed by atoms with Gasteiger partial charge in [-0.2, -0.15) is 0 Å². The molecule has 112 valence electrons. The third kappa shape index (κ3) is 4.53. The van der Waals surface area contributed by atoms with Crippen molar-refractivity contribution in [1.82, 2.24) is 5.32 Å². The van der Waals surface area contributed by atoms with E-state index in [1.165, 1.54) is 0 Å². The van der Waals surface area contributed by atoms with Crippen LogP contribution in [0.25, 0.3) is 0 Å². The van der Waals surface area contributed by atoms with E-state index in [0.717, 1.165) is 12.0 Å². The molecule has 0 atom stereocenters. The maximum absolute atomic E-state index is 12.2. The summed E-state index contributed by atoms with van der Waals surface area (Å²) >= 11 is 5.82. The van der Waals surface area contributed by atoms with E-state index in [1.54, 1.807) is 50.6 Å². The van der Waals surface area contributed by atoms with Gasteiger partial charge in [0, 0.05) is 11.6 Å². The van der Waals surface area contributed by atoms with Gasteiger partial charge in [0.25, 0.3) is 5.91 Å². The van der Waals surface area contributed by atoms with Crippen molar-refractivity contribution in [1.29, 1.82) is 0 Å². The Morgan fingerprint density at radius 1 is 1.29 bits per heavy atom. The highest BCUT2D eigenvalue weighted by Gasteiger charge is 2.29. The van der Waals surface area contributed by atoms with E-state index in [-0.39, 0.29) is 5.91 Å². The summed E-state index contributed by atoms with van der Waals surface area (Å²) in [5.41, 5.74) is 0.0938. The van der Waals surface area contributed by atoms with Gasteiger partial charge in [-0.1, -0.05) is 11.6 Å². The molecule has 1 heterocycles. The number of benzene rings is 1. The van der Waals surface area contributed by atoms with Gasteiger partial charge in [0.15, 0.2) is 5.60 Å². The standard InChI is InChI=1S/C16H18ClNO3/c1-16(2,21-14-5-3-13(17)4-6-14)15(19)18-9-7-12-8-10-20-11-12/h3-6,8,10-11H,7,9H2,1-2H3,(H,18,19). The topological polar surface area (TPSA) is 51.5 Å². The Morgan fingerprint density at radius 2 is 2.00 bits per heavy atom. The lowest BCUT2D eigenvalue weighted by molar-refractivity contribution is -0.134. The first-order valence-corrected chi connectivity index (χ1v) is 7.09. The van der Waals surface area contributed by atoms with Gasteiger partial charge >= 0.3 is 0 Å². The Kier molecular flexibility index (Phi) is 4.91. The van der Waals surface area contributed by atoms with Crippen LogP contribution in [-0.4, -0.2) is 18.1 Å². The molecule has 5 heteroatoms. The summed E-state index contributed by atoms with van der Waals surface area (Å²) in [4.78, 5) is 12.2. The van der Waals surface area contributed by atoms with E-state index in [4.69, 9.17) is 20.8 Å². The van der Waals surface area contributed by atoms with E-state index in [1.807, 2.05) is 6.07 Å². The zero-order valence-corrected chi connectivity index (χ0v) is 12.8. The number of hydrogen-bond acceptors (Lipinski definition) is 3. The number of carbonyl (C=O) groups excluding carboxylic acids is 1. The first-order chi connectivity index (χ1) is 9.97. The highest BCUT2D eigenvalue weighted by atomic mass is 35.5. The Balaban J connectivity index is 1.85. The molecule has 0 saturated heterocycles. The minimum absolute atomic E-state index is 0.166. The van der Waals surface area contributed by atoms with Gasteiger partial charge in [-0.3, -0.25) is 4.79 Å². The summed E-state index contributed by atoms with van der Waals surface area (Å²) in [5.74, 6) is 0.440. The third-order valence-electron chi connectivity index (χ3n) is 3.01. The van der Waals surface area contributed by atoms with Crippen LogP contribution in [0.5, 0.6) is 5.75 Å². The first kappa shape index (κ1) is 15.4. The van der Waals surface area contributed by atoms with Gasteiger partial charge in [-0.25, -0.2) is 0 Å². The molecular weight excluding hydrogens is 290 g/mol. The lowest BCUT2D eigenvalue weighted by Crippen LogP contribution is -2.47. The van der Waals surface area contributed by atoms with E-state index in [2.05, 4.69) is 5.32 Å². The van der Waals surface area contributed by atoms with E-state index < -0.39 is 5.60 Å². The van der Waals surface area contributed by atoms with Gasteiger partial charge in [-0.05, 0) is 56.2 Å². The zero-order chi connectivity index (χ0) is 15.3. The normalized spacial score (nSPS) is 11.2. The summed E-state index contributed by atoms with van der Waals surface area (Å²) in [5, 5.41) is 3.49. The van der Waals surface area contributed by atoms with Crippen molar-refractivity contribution in [3.8, 4) is 5.75 Å². The first-order valence-electron chi connectivity index (χ1n) is 6.71. The average Bonchev–Trinajstić information content (AvgIpc) is 2.94. The fraction of sp³-hybridized carbons (Fsp3) is 0.312. The molecule has 0 saturated carbocycles. The summed E-state index contributed by atoms with van der Waals surface area (Å²) < 4.78 is 10.7. The minimum atomic E-state index is -0.954. The van der Waals surface area contributed by atoms with Crippen molar-refractivity contribution in [2.45, 2.75) is 25.9 Å². The molecule has 0 aliphatic carbocycles. The predicted molar refractivity (Wildman–Crippen MR) is 81.6 cm³/mol. The summed E-state index contributed by atoms with van der Waals surface area (Å²) in [6, 6.07) is 8.81. The molecule has 2 aromatic rings. The molecule has 1 aromatic carbocycles. The lowest BCUT2D eigenvalue weighted by atomic mass is 10.1. The Bertz CT molecular complexity index is 576. The second kappa shape index (κ2) is 6.68. The van der Waals surface area contributed by atoms with Crippen LogP contribution in [0.15, 0.2) is 47.3 Å². The molecule has 0 radical (unpaired) electrons. The number of carbonyl (C=O) groups is 1. The predicted octanol–water partition coefficient (Wildman–Crippen LogP) is 3.45. The third-order valence-corrected chi connectivity index (χ3v) is 3.26. The van der Waals surface area contributed by atoms with Gasteiger partial charge in [-0.15, -0.1) is 0 Å². The van der Waals surface area contributed by atoms with Crippen molar-refractivity contribution >= 4 is 17.5 Å². The van der Waals surface area contributed by atoms with Crippen LogP contribution in [0, 0.1) is 0 Å². The SMILES string of the molecule is CC(C)(Oc1ccc(Cl)cc1)C(=O)NCCc1ccoc1. The molecule has 2 rings (SSSR count). The van der Waals surface area contributed by atoms with Crippen LogP contribution in [0.1, 0.15) is 19.4 Å². The summed E-state index contributed by atoms with van der Waals surface area (Å²) in [6.07, 6.45) is 4.01. The molecule has 4 nitrogen and oxygen atoms in total. The molecule has 0 spiro atoms. The molecule has 0 unspecified atom stereocenters. The van der Waals surface area contributed by atoms with Crippen LogP contribution in [0.3, 0.4) is 0 Å². The van der Waals surface area contributed by atoms with Crippen LogP contribution in [0.2, 0.25) is 5.02 Å². The quantitative estimate of drug-likeness (QED) is 0.889. The van der Waals surface area contributed by atoms with E-state index in [9.17, 15) is 4.79 Å². The second-order valence-electron chi connectivity index (χ2n) is 5.20. The monoisotopic (exact) mass is 307 g/mol. The van der Waals surface area contributed by atoms with E-state index in [0.29, 0.717) is 17.3 Å². The van der Waals surface area contributed by atoms with Crippen LogP contribution >= 0.6 is 11.6 Å². The highest BCUT2D eigenvalue weighted by Crippen LogP contribution is 2.21. The van der Waals surface area contributed by atoms with Gasteiger partial charge in [0.2, 0.25) is 0 Å². The lowest BCUT2D eigenvalue weighted by Gasteiger charge is -2.25. The number of amides is 1. The van der Waals surface area contributed by atoms with Crippen molar-refractivity contribution < 1.29 is 13.9 Å². The number of furan rings is 1. The smallest absolute Gasteiger partial charge is 0.263 e. The molecule has 21 heavy (non-hydrogen) atoms. The Morgan fingerprint density at radius 3 is 2.62 bits per heavy atom. The Labute approximate surface area is 129 Å². The van der Waals surface area contributed by atoms with Gasteiger partial charge in [0.05, 0.1) is 12.5 Å². The largest absolute Gasteiger partial charge is 0.478 e. The van der Waals surface area contributed by atoms with E-state index >= 15 is 0 Å². The van der Waals surface area contributed by atoms with Crippen LogP contribution in [-0.2, 0) is 11.2 Å². The zero-order valence-electron chi connectivity index (χ0n) is 12.1. The van der Waals surface area contributed by atoms with Crippen molar-refractivity contribution in [3.63, 3.8) is 0 Å². The number of rotatable bonds is 6. The number of halogens is 1. The fourth-order valence-corrected chi connectivity index (χ4v) is 1.94. The molecule has 1 N–H and O–H groups in total. The molecular formula is C16H18ClNO3. The minimum Gasteiger partial charge on any atom is -0.478 e. The Hall–Kier alpha value is -1.94. The van der Waals surface area contributed by atoms with Crippen molar-refractivity contribution in [2.75, 3.05) is 6.54 Å². The molecule has 0 aliphatic heterocycles. The molecule has 0 fully saturated rings. The van der Waals surface area contributed by atoms with Gasteiger partial charge < -0.3 is 14.5 Å². The van der Waals surface area contributed by atoms with Crippen LogP contribution in [0.4, 0.5) is 0 Å². The molecule has 1 aromatic heterocycles. The van der Waals surface area contributed by atoms with Crippen molar-refractivity contribution in [2.24, 2.45) is 0 Å². The second-order valence-corrected chi connectivity index (χ2v) is 5.64. The number of ether oxygens (including phenoxy) is 1. The molecule has 0 aliphatic rings. The maximum atomic E-state index is 12.2. The fourth-order valence-electron chi connectivity index (χ4n) is 1.81. The van der Waals surface area contributed by atoms with Gasteiger partial charge in [0.1, 0.15) is 5.75 Å². The summed E-state index contributed by atoms with van der Waals surface area (Å²) in [6.45, 7) is 4.00. The van der Waals surface area contributed by atoms with Crippen molar-refractivity contribution in [3.05, 3.63) is 53.4 Å². The highest BCUT2D eigenvalue weighted by molar-refractivity contribution is 6.30. The molecule has 1 amide bonds. The molecule has 0 bridgehead atoms. The maximum Gasteiger partial charge on any atom is 0.263 e. The average molecular weight is 308 g/mol. The van der Waals surface area contributed by atoms with Crippen LogP contribution < -0.4 is 10.1 Å². The summed E-state index contributed by atoms with van der Waals surface area (Å²) in [7, 11) is 0.